The summed E-state index contributed by atoms with van der Waals surface area (Å²) in [5.41, 5.74) is -0.490. The number of hydrogen-bond acceptors (Lipinski definition) is 5. The van der Waals surface area contributed by atoms with E-state index in [1.807, 2.05) is 11.8 Å². The molecule has 0 bridgehead atoms. The van der Waals surface area contributed by atoms with Crippen molar-refractivity contribution in [1.29, 1.82) is 0 Å². The molecule has 0 unspecified atom stereocenters. The van der Waals surface area contributed by atoms with Crippen LogP contribution in [0.2, 0.25) is 0 Å². The highest BCUT2D eigenvalue weighted by molar-refractivity contribution is 7.89. The highest BCUT2D eigenvalue weighted by Crippen LogP contribution is 2.46. The van der Waals surface area contributed by atoms with E-state index in [-0.39, 0.29) is 35.7 Å². The Morgan fingerprint density at radius 1 is 1.27 bits per heavy atom. The predicted octanol–water partition coefficient (Wildman–Crippen LogP) is 1.45. The van der Waals surface area contributed by atoms with E-state index < -0.39 is 21.3 Å². The minimum absolute atomic E-state index is 0.0920. The number of rotatable bonds is 4. The largest absolute Gasteiger partial charge is 0.341 e. The Balaban J connectivity index is 1.47. The van der Waals surface area contributed by atoms with E-state index in [9.17, 15) is 17.6 Å². The van der Waals surface area contributed by atoms with Gasteiger partial charge in [0.25, 0.3) is 0 Å². The molecule has 3 fully saturated rings. The molecule has 1 saturated carbocycles. The van der Waals surface area contributed by atoms with Crippen LogP contribution in [0.3, 0.4) is 0 Å². The van der Waals surface area contributed by atoms with Crippen molar-refractivity contribution in [3.63, 3.8) is 0 Å². The minimum Gasteiger partial charge on any atom is -0.341 e. The first-order valence-electron chi connectivity index (χ1n) is 10.2. The standard InChI is InChI=1S/C20H24FN5O3S/c1-13-22-19(24-23-13)20-8-9-26(30(28,29)17-5-3-2-4-16(17)21)11-15(20)10-25(12-20)18(27)14-6-7-14/h2-5,14-15H,6-12H2,1H3,(H,22,23,24)/t15-,20+/m0/s1. The highest BCUT2D eigenvalue weighted by atomic mass is 32.2. The van der Waals surface area contributed by atoms with Crippen LogP contribution in [0.15, 0.2) is 29.2 Å². The number of hydrogen-bond donors (Lipinski definition) is 1. The second kappa shape index (κ2) is 6.84. The highest BCUT2D eigenvalue weighted by Gasteiger charge is 2.56. The zero-order valence-corrected chi connectivity index (χ0v) is 17.5. The number of aromatic nitrogens is 3. The van der Waals surface area contributed by atoms with Gasteiger partial charge in [0.05, 0.1) is 5.41 Å². The van der Waals surface area contributed by atoms with Gasteiger partial charge in [0, 0.05) is 38.0 Å². The summed E-state index contributed by atoms with van der Waals surface area (Å²) in [6, 6.07) is 5.44. The van der Waals surface area contributed by atoms with Crippen molar-refractivity contribution in [2.45, 2.75) is 36.5 Å². The van der Waals surface area contributed by atoms with Gasteiger partial charge in [-0.2, -0.15) is 9.40 Å². The van der Waals surface area contributed by atoms with Gasteiger partial charge in [0.2, 0.25) is 15.9 Å². The van der Waals surface area contributed by atoms with Gasteiger partial charge in [-0.05, 0) is 38.3 Å². The maximum atomic E-state index is 14.2. The first-order chi connectivity index (χ1) is 14.3. The van der Waals surface area contributed by atoms with Crippen molar-refractivity contribution in [2.24, 2.45) is 11.8 Å². The second-order valence-electron chi connectivity index (χ2n) is 8.63. The molecule has 10 heteroatoms. The minimum atomic E-state index is -3.97. The van der Waals surface area contributed by atoms with E-state index in [1.165, 1.54) is 22.5 Å². The number of H-pyrrole nitrogens is 1. The number of aryl methyl sites for hydroxylation is 1. The van der Waals surface area contributed by atoms with Gasteiger partial charge in [0.15, 0.2) is 5.82 Å². The summed E-state index contributed by atoms with van der Waals surface area (Å²) in [5, 5.41) is 7.27. The van der Waals surface area contributed by atoms with Crippen LogP contribution >= 0.6 is 0 Å². The second-order valence-corrected chi connectivity index (χ2v) is 10.5. The van der Waals surface area contributed by atoms with E-state index in [2.05, 4.69) is 15.2 Å². The number of carbonyl (C=O) groups excluding carboxylic acids is 1. The van der Waals surface area contributed by atoms with Gasteiger partial charge in [-0.3, -0.25) is 9.89 Å². The third-order valence-corrected chi connectivity index (χ3v) is 8.56. The molecule has 0 radical (unpaired) electrons. The summed E-state index contributed by atoms with van der Waals surface area (Å²) in [6.07, 6.45) is 2.32. The van der Waals surface area contributed by atoms with Crippen LogP contribution < -0.4 is 0 Å². The molecular weight excluding hydrogens is 409 g/mol. The summed E-state index contributed by atoms with van der Waals surface area (Å²) in [7, 11) is -3.97. The molecule has 3 heterocycles. The zero-order chi connectivity index (χ0) is 21.1. The lowest BCUT2D eigenvalue weighted by molar-refractivity contribution is -0.131. The molecule has 1 aliphatic carbocycles. The van der Waals surface area contributed by atoms with E-state index in [1.54, 1.807) is 0 Å². The van der Waals surface area contributed by atoms with Gasteiger partial charge < -0.3 is 4.90 Å². The van der Waals surface area contributed by atoms with Crippen molar-refractivity contribution < 1.29 is 17.6 Å². The van der Waals surface area contributed by atoms with Crippen molar-refractivity contribution >= 4 is 15.9 Å². The average Bonchev–Trinajstić information content (AvgIpc) is 3.36. The third kappa shape index (κ3) is 3.04. The molecule has 1 aromatic heterocycles. The summed E-state index contributed by atoms with van der Waals surface area (Å²) in [5.74, 6) is 0.654. The Labute approximate surface area is 174 Å². The molecule has 1 N–H and O–H groups in total. The fourth-order valence-corrected chi connectivity index (χ4v) is 6.40. The van der Waals surface area contributed by atoms with E-state index in [4.69, 9.17) is 0 Å². The maximum Gasteiger partial charge on any atom is 0.245 e. The van der Waals surface area contributed by atoms with E-state index in [0.717, 1.165) is 18.9 Å². The quantitative estimate of drug-likeness (QED) is 0.787. The number of aromatic amines is 1. The van der Waals surface area contributed by atoms with Crippen molar-refractivity contribution in [1.82, 2.24) is 24.4 Å². The molecule has 2 saturated heterocycles. The molecule has 2 aliphatic heterocycles. The molecule has 160 valence electrons. The Bertz CT molecular complexity index is 1100. The van der Waals surface area contributed by atoms with Crippen LogP contribution in [0.4, 0.5) is 4.39 Å². The fraction of sp³-hybridized carbons (Fsp3) is 0.550. The van der Waals surface area contributed by atoms with Crippen LogP contribution in [-0.2, 0) is 20.2 Å². The summed E-state index contributed by atoms with van der Waals surface area (Å²) in [6.45, 7) is 3.22. The van der Waals surface area contributed by atoms with Crippen molar-refractivity contribution in [2.75, 3.05) is 26.2 Å². The summed E-state index contributed by atoms with van der Waals surface area (Å²) in [4.78, 5) is 18.9. The fourth-order valence-electron chi connectivity index (χ4n) is 4.85. The number of nitrogens with one attached hydrogen (secondary N) is 1. The van der Waals surface area contributed by atoms with Crippen LogP contribution in [0.25, 0.3) is 0 Å². The van der Waals surface area contributed by atoms with Gasteiger partial charge in [-0.1, -0.05) is 12.1 Å². The number of amides is 1. The number of fused-ring (bicyclic) bond motifs is 1. The van der Waals surface area contributed by atoms with Crippen LogP contribution in [0.5, 0.6) is 0 Å². The third-order valence-electron chi connectivity index (χ3n) is 6.66. The molecular formula is C20H24FN5O3S. The molecule has 30 heavy (non-hydrogen) atoms. The molecule has 2 aromatic rings. The molecule has 0 spiro atoms. The first kappa shape index (κ1) is 19.6. The lowest BCUT2D eigenvalue weighted by Gasteiger charge is -2.40. The summed E-state index contributed by atoms with van der Waals surface area (Å²) < 4.78 is 41.9. The van der Waals surface area contributed by atoms with Gasteiger partial charge >= 0.3 is 0 Å². The molecule has 3 aliphatic rings. The number of carbonyl (C=O) groups is 1. The van der Waals surface area contributed by atoms with Gasteiger partial charge in [-0.25, -0.2) is 17.8 Å². The SMILES string of the molecule is Cc1nc([C@@]23CCN(S(=O)(=O)c4ccccc4F)C[C@@H]2CN(C(=O)C2CC2)C3)n[nH]1. The Hall–Kier alpha value is -2.33. The van der Waals surface area contributed by atoms with Gasteiger partial charge in [-0.15, -0.1) is 0 Å². The average molecular weight is 434 g/mol. The molecule has 8 nitrogen and oxygen atoms in total. The number of halogens is 1. The molecule has 1 aromatic carbocycles. The number of piperidine rings is 1. The Morgan fingerprint density at radius 3 is 2.70 bits per heavy atom. The van der Waals surface area contributed by atoms with Gasteiger partial charge in [0.1, 0.15) is 16.5 Å². The monoisotopic (exact) mass is 433 g/mol. The molecule has 1 amide bonds. The van der Waals surface area contributed by atoms with Crippen LogP contribution in [-0.4, -0.2) is 64.9 Å². The predicted molar refractivity (Wildman–Crippen MR) is 105 cm³/mol. The van der Waals surface area contributed by atoms with Crippen LogP contribution in [0.1, 0.15) is 30.9 Å². The normalized spacial score (nSPS) is 27.3. The summed E-state index contributed by atoms with van der Waals surface area (Å²) >= 11 is 0. The molecule has 2 atom stereocenters. The smallest absolute Gasteiger partial charge is 0.245 e. The number of nitrogens with zero attached hydrogens (tertiary/aromatic N) is 4. The lowest BCUT2D eigenvalue weighted by Crippen LogP contribution is -2.51. The number of likely N-dealkylation sites (tertiary alicyclic amines) is 1. The van der Waals surface area contributed by atoms with Crippen LogP contribution in [0, 0.1) is 24.6 Å². The first-order valence-corrected chi connectivity index (χ1v) is 11.7. The molecule has 5 rings (SSSR count). The lowest BCUT2D eigenvalue weighted by atomic mass is 9.72. The number of benzene rings is 1. The Kier molecular flexibility index (Phi) is 4.48. The topological polar surface area (TPSA) is 99.3 Å². The Morgan fingerprint density at radius 2 is 2.03 bits per heavy atom. The maximum absolute atomic E-state index is 14.2. The zero-order valence-electron chi connectivity index (χ0n) is 16.7. The van der Waals surface area contributed by atoms with E-state index in [0.29, 0.717) is 31.2 Å². The number of sulfonamides is 1. The van der Waals surface area contributed by atoms with Crippen molar-refractivity contribution in [3.8, 4) is 0 Å². The van der Waals surface area contributed by atoms with E-state index >= 15 is 0 Å². The van der Waals surface area contributed by atoms with Crippen molar-refractivity contribution in [3.05, 3.63) is 41.7 Å².